The highest BCUT2D eigenvalue weighted by Crippen LogP contribution is 2.34. The van der Waals surface area contributed by atoms with Crippen molar-refractivity contribution < 1.29 is 27.0 Å². The van der Waals surface area contributed by atoms with Gasteiger partial charge in [-0.05, 0) is 24.6 Å². The number of carbonyl (C=O) groups excluding carboxylic acids is 1. The predicted octanol–water partition coefficient (Wildman–Crippen LogP) is 2.00. The van der Waals surface area contributed by atoms with Crippen molar-refractivity contribution >= 4 is 39.4 Å². The molecule has 0 saturated carbocycles. The van der Waals surface area contributed by atoms with Crippen LogP contribution in [0.5, 0.6) is 0 Å². The number of aromatic carboxylic acids is 1. The van der Waals surface area contributed by atoms with Gasteiger partial charge in [-0.2, -0.15) is 8.42 Å². The van der Waals surface area contributed by atoms with E-state index in [1.807, 2.05) is 0 Å². The fourth-order valence-corrected chi connectivity index (χ4v) is 3.71. The first-order valence-corrected chi connectivity index (χ1v) is 8.27. The zero-order valence-electron chi connectivity index (χ0n) is 11.5. The summed E-state index contributed by atoms with van der Waals surface area (Å²) in [4.78, 5) is 24.6. The summed E-state index contributed by atoms with van der Waals surface area (Å²) in [6.45, 7) is 1.55. The van der Waals surface area contributed by atoms with Crippen molar-refractivity contribution in [3.05, 3.63) is 28.3 Å². The molecule has 0 bridgehead atoms. The summed E-state index contributed by atoms with van der Waals surface area (Å²) >= 11 is 5.83. The first kappa shape index (κ1) is 16.7. The van der Waals surface area contributed by atoms with Crippen LogP contribution in [0.3, 0.4) is 0 Å². The zero-order chi connectivity index (χ0) is 16.7. The minimum Gasteiger partial charge on any atom is -0.478 e. The van der Waals surface area contributed by atoms with Gasteiger partial charge in [0.15, 0.2) is 0 Å². The van der Waals surface area contributed by atoms with E-state index in [0.717, 1.165) is 0 Å². The Balaban J connectivity index is 2.40. The molecule has 6 nitrogen and oxygen atoms in total. The second kappa shape index (κ2) is 5.85. The molecule has 2 rings (SSSR count). The number of carboxylic acid groups (broad SMARTS) is 1. The largest absolute Gasteiger partial charge is 0.478 e. The molecule has 120 valence electrons. The van der Waals surface area contributed by atoms with Crippen LogP contribution in [0, 0.1) is 12.8 Å². The highest BCUT2D eigenvalue weighted by Gasteiger charge is 2.36. The van der Waals surface area contributed by atoms with E-state index in [9.17, 15) is 27.0 Å². The molecular formula is C13H13ClFNO5S. The van der Waals surface area contributed by atoms with Gasteiger partial charge in [0.25, 0.3) is 0 Å². The number of benzene rings is 1. The lowest BCUT2D eigenvalue weighted by Crippen LogP contribution is -2.28. The van der Waals surface area contributed by atoms with Gasteiger partial charge in [0.2, 0.25) is 5.91 Å². The normalized spacial score (nSPS) is 18.8. The van der Waals surface area contributed by atoms with Gasteiger partial charge < -0.3 is 10.0 Å². The van der Waals surface area contributed by atoms with Gasteiger partial charge in [-0.25, -0.2) is 4.79 Å². The van der Waals surface area contributed by atoms with E-state index in [1.54, 1.807) is 6.92 Å². The lowest BCUT2D eigenvalue weighted by atomic mass is 10.1. The van der Waals surface area contributed by atoms with Crippen LogP contribution in [0.1, 0.15) is 22.3 Å². The van der Waals surface area contributed by atoms with Crippen LogP contribution in [-0.4, -0.2) is 37.7 Å². The Hall–Kier alpha value is -1.67. The molecular weight excluding hydrogens is 337 g/mol. The first-order valence-electron chi connectivity index (χ1n) is 6.34. The van der Waals surface area contributed by atoms with Crippen molar-refractivity contribution in [3.8, 4) is 0 Å². The lowest BCUT2D eigenvalue weighted by molar-refractivity contribution is -0.117. The third-order valence-electron chi connectivity index (χ3n) is 3.41. The van der Waals surface area contributed by atoms with Crippen molar-refractivity contribution in [1.82, 2.24) is 0 Å². The molecule has 0 aliphatic carbocycles. The molecule has 22 heavy (non-hydrogen) atoms. The molecule has 1 fully saturated rings. The second-order valence-electron chi connectivity index (χ2n) is 5.20. The van der Waals surface area contributed by atoms with Crippen LogP contribution in [0.25, 0.3) is 0 Å². The summed E-state index contributed by atoms with van der Waals surface area (Å²) in [5.41, 5.74) is 0.491. The highest BCUT2D eigenvalue weighted by atomic mass is 35.5. The molecule has 1 unspecified atom stereocenters. The number of hydrogen-bond donors (Lipinski definition) is 1. The first-order chi connectivity index (χ1) is 10.1. The van der Waals surface area contributed by atoms with Crippen molar-refractivity contribution in [3.63, 3.8) is 0 Å². The Morgan fingerprint density at radius 3 is 2.68 bits per heavy atom. The number of halogens is 2. The number of aryl methyl sites for hydroxylation is 1. The molecule has 9 heteroatoms. The average Bonchev–Trinajstić information content (AvgIpc) is 2.66. The molecule has 1 aliphatic heterocycles. The van der Waals surface area contributed by atoms with E-state index in [1.165, 1.54) is 17.0 Å². The lowest BCUT2D eigenvalue weighted by Gasteiger charge is -2.21. The molecule has 1 aliphatic rings. The molecule has 1 aromatic carbocycles. The standard InChI is InChI=1S/C13H13ClFNO5S/c1-7-2-9(14)4-10(13(18)19)12(7)16-5-8(3-11(16)17)6-22(15,20)21/h2,4,8H,3,5-6H2,1H3,(H,18,19). The minimum absolute atomic E-state index is 0.0509. The third-order valence-corrected chi connectivity index (χ3v) is 4.49. The molecule has 1 atom stereocenters. The summed E-state index contributed by atoms with van der Waals surface area (Å²) in [6, 6.07) is 2.73. The topological polar surface area (TPSA) is 91.8 Å². The fraction of sp³-hybridized carbons (Fsp3) is 0.385. The van der Waals surface area contributed by atoms with Crippen LogP contribution in [-0.2, 0) is 15.0 Å². The number of anilines is 1. The number of nitrogens with zero attached hydrogens (tertiary/aromatic N) is 1. The molecule has 0 radical (unpaired) electrons. The molecule has 1 amide bonds. The van der Waals surface area contributed by atoms with Crippen LogP contribution >= 0.6 is 11.6 Å². The van der Waals surface area contributed by atoms with Crippen LogP contribution in [0.2, 0.25) is 5.02 Å². The van der Waals surface area contributed by atoms with Crippen LogP contribution < -0.4 is 4.90 Å². The van der Waals surface area contributed by atoms with E-state index in [4.69, 9.17) is 11.6 Å². The van der Waals surface area contributed by atoms with Crippen LogP contribution in [0.4, 0.5) is 9.57 Å². The number of hydrogen-bond acceptors (Lipinski definition) is 4. The molecule has 1 heterocycles. The number of carbonyl (C=O) groups is 2. The van der Waals surface area contributed by atoms with E-state index < -0.39 is 33.8 Å². The van der Waals surface area contributed by atoms with Crippen LogP contribution in [0.15, 0.2) is 12.1 Å². The zero-order valence-corrected chi connectivity index (χ0v) is 13.1. The van der Waals surface area contributed by atoms with Crippen molar-refractivity contribution in [1.29, 1.82) is 0 Å². The van der Waals surface area contributed by atoms with E-state index >= 15 is 0 Å². The van der Waals surface area contributed by atoms with Gasteiger partial charge in [0.05, 0.1) is 17.0 Å². The van der Waals surface area contributed by atoms with E-state index in [-0.39, 0.29) is 29.2 Å². The van der Waals surface area contributed by atoms with Gasteiger partial charge in [-0.3, -0.25) is 4.79 Å². The smallest absolute Gasteiger partial charge is 0.337 e. The van der Waals surface area contributed by atoms with E-state index in [0.29, 0.717) is 5.56 Å². The molecule has 0 aromatic heterocycles. The Morgan fingerprint density at radius 2 is 2.14 bits per heavy atom. The Bertz CT molecular complexity index is 749. The maximum atomic E-state index is 12.8. The Morgan fingerprint density at radius 1 is 1.50 bits per heavy atom. The maximum absolute atomic E-state index is 12.8. The minimum atomic E-state index is -4.70. The summed E-state index contributed by atoms with van der Waals surface area (Å²) in [5, 5.41) is 9.48. The Kier molecular flexibility index (Phi) is 4.44. The van der Waals surface area contributed by atoms with Gasteiger partial charge in [-0.1, -0.05) is 11.6 Å². The van der Waals surface area contributed by atoms with Gasteiger partial charge in [-0.15, -0.1) is 3.89 Å². The second-order valence-corrected chi connectivity index (χ2v) is 7.05. The average molecular weight is 350 g/mol. The predicted molar refractivity (Wildman–Crippen MR) is 78.5 cm³/mol. The fourth-order valence-electron chi connectivity index (χ4n) is 2.65. The van der Waals surface area contributed by atoms with Gasteiger partial charge in [0.1, 0.15) is 0 Å². The third kappa shape index (κ3) is 3.56. The number of amides is 1. The van der Waals surface area contributed by atoms with Gasteiger partial charge in [0, 0.05) is 23.9 Å². The number of carboxylic acids is 1. The van der Waals surface area contributed by atoms with Crippen molar-refractivity contribution in [2.45, 2.75) is 13.3 Å². The van der Waals surface area contributed by atoms with Crippen molar-refractivity contribution in [2.24, 2.45) is 5.92 Å². The monoisotopic (exact) mass is 349 g/mol. The van der Waals surface area contributed by atoms with E-state index in [2.05, 4.69) is 0 Å². The molecule has 0 spiro atoms. The summed E-state index contributed by atoms with van der Waals surface area (Å²) in [6.07, 6.45) is -0.149. The SMILES string of the molecule is Cc1cc(Cl)cc(C(=O)O)c1N1CC(CS(=O)(=O)F)CC1=O. The quantitative estimate of drug-likeness (QED) is 0.839. The summed E-state index contributed by atoms with van der Waals surface area (Å²) in [5.74, 6) is -3.17. The Labute approximate surface area is 131 Å². The molecule has 1 N–H and O–H groups in total. The maximum Gasteiger partial charge on any atom is 0.337 e. The highest BCUT2D eigenvalue weighted by molar-refractivity contribution is 7.86. The number of rotatable bonds is 4. The molecule has 1 aromatic rings. The summed E-state index contributed by atoms with van der Waals surface area (Å²) in [7, 11) is -4.70. The van der Waals surface area contributed by atoms with Crippen molar-refractivity contribution in [2.75, 3.05) is 17.2 Å². The summed E-state index contributed by atoms with van der Waals surface area (Å²) < 4.78 is 34.2. The molecule has 1 saturated heterocycles. The van der Waals surface area contributed by atoms with Gasteiger partial charge >= 0.3 is 16.2 Å².